The van der Waals surface area contributed by atoms with Crippen molar-refractivity contribution in [2.75, 3.05) is 11.1 Å². The highest BCUT2D eigenvalue weighted by Gasteiger charge is 2.16. The summed E-state index contributed by atoms with van der Waals surface area (Å²) in [5.41, 5.74) is 5.55. The second-order valence-corrected chi connectivity index (χ2v) is 8.62. The number of ether oxygens (including phenoxy) is 1. The van der Waals surface area contributed by atoms with Crippen molar-refractivity contribution < 1.29 is 13.9 Å². The fraction of sp³-hybridized carbons (Fsp3) is 0.250. The van der Waals surface area contributed by atoms with Crippen LogP contribution in [0.4, 0.5) is 5.69 Å². The summed E-state index contributed by atoms with van der Waals surface area (Å²) in [6.07, 6.45) is 0. The quantitative estimate of drug-likeness (QED) is 0.375. The molecule has 0 unspecified atom stereocenters. The zero-order valence-corrected chi connectivity index (χ0v) is 19.8. The molecule has 8 nitrogen and oxygen atoms in total. The van der Waals surface area contributed by atoms with Crippen molar-refractivity contribution in [2.24, 2.45) is 0 Å². The van der Waals surface area contributed by atoms with Crippen molar-refractivity contribution in [2.45, 2.75) is 39.5 Å². The number of aromatic nitrogens is 4. The number of rotatable bonds is 8. The number of anilines is 1. The molecule has 4 rings (SSSR count). The Bertz CT molecular complexity index is 1260. The highest BCUT2D eigenvalue weighted by molar-refractivity contribution is 7.99. The molecule has 0 fully saturated rings. The molecule has 2 aromatic heterocycles. The minimum absolute atomic E-state index is 0.134. The molecule has 0 saturated carbocycles. The number of amides is 1. The van der Waals surface area contributed by atoms with Gasteiger partial charge in [-0.2, -0.15) is 5.10 Å². The van der Waals surface area contributed by atoms with Crippen LogP contribution in [0.25, 0.3) is 5.69 Å². The van der Waals surface area contributed by atoms with E-state index in [1.165, 1.54) is 17.3 Å². The molecule has 0 saturated heterocycles. The summed E-state index contributed by atoms with van der Waals surface area (Å²) < 4.78 is 13.1. The standard InChI is InChI=1S/C24H25N5O3S/c1-15-8-10-19(11-9-15)29-18(4)23(17(3)28-29)25-21(30)14-33-24-27-26-22(32-24)13-31-20-7-5-6-16(2)12-20/h5-12H,13-14H2,1-4H3,(H,25,30). The molecule has 0 atom stereocenters. The van der Waals surface area contributed by atoms with Gasteiger partial charge in [0, 0.05) is 0 Å². The summed E-state index contributed by atoms with van der Waals surface area (Å²) in [5, 5.41) is 15.8. The number of nitrogens with one attached hydrogen (secondary N) is 1. The molecule has 2 aromatic carbocycles. The number of carbonyl (C=O) groups excluding carboxylic acids is 1. The van der Waals surface area contributed by atoms with Gasteiger partial charge < -0.3 is 14.5 Å². The summed E-state index contributed by atoms with van der Waals surface area (Å²) in [5.74, 6) is 1.05. The summed E-state index contributed by atoms with van der Waals surface area (Å²) in [6, 6.07) is 15.8. The maximum absolute atomic E-state index is 12.5. The van der Waals surface area contributed by atoms with Crippen molar-refractivity contribution in [3.63, 3.8) is 0 Å². The lowest BCUT2D eigenvalue weighted by Crippen LogP contribution is -2.15. The Kier molecular flexibility index (Phi) is 6.79. The van der Waals surface area contributed by atoms with Crippen LogP contribution in [0.1, 0.15) is 28.4 Å². The average Bonchev–Trinajstić information content (AvgIpc) is 3.36. The minimum atomic E-state index is -0.176. The van der Waals surface area contributed by atoms with Gasteiger partial charge in [0.05, 0.1) is 28.5 Å². The van der Waals surface area contributed by atoms with Crippen LogP contribution >= 0.6 is 11.8 Å². The predicted molar refractivity (Wildman–Crippen MR) is 127 cm³/mol. The van der Waals surface area contributed by atoms with Crippen molar-refractivity contribution in [1.29, 1.82) is 0 Å². The van der Waals surface area contributed by atoms with E-state index in [-0.39, 0.29) is 18.3 Å². The lowest BCUT2D eigenvalue weighted by Gasteiger charge is -2.07. The van der Waals surface area contributed by atoms with Gasteiger partial charge in [-0.15, -0.1) is 10.2 Å². The Morgan fingerprint density at radius 3 is 2.61 bits per heavy atom. The van der Waals surface area contributed by atoms with Gasteiger partial charge in [-0.3, -0.25) is 4.79 Å². The molecule has 0 radical (unpaired) electrons. The smallest absolute Gasteiger partial charge is 0.277 e. The van der Waals surface area contributed by atoms with Crippen molar-refractivity contribution >= 4 is 23.4 Å². The van der Waals surface area contributed by atoms with Gasteiger partial charge in [0.25, 0.3) is 11.1 Å². The second-order valence-electron chi connectivity index (χ2n) is 7.70. The third-order valence-electron chi connectivity index (χ3n) is 4.96. The first-order valence-electron chi connectivity index (χ1n) is 10.5. The lowest BCUT2D eigenvalue weighted by atomic mass is 10.2. The monoisotopic (exact) mass is 463 g/mol. The fourth-order valence-electron chi connectivity index (χ4n) is 3.27. The molecular formula is C24H25N5O3S. The molecule has 1 N–H and O–H groups in total. The first-order chi connectivity index (χ1) is 15.9. The number of thioether (sulfide) groups is 1. The number of hydrogen-bond donors (Lipinski definition) is 1. The van der Waals surface area contributed by atoms with Gasteiger partial charge >= 0.3 is 0 Å². The highest BCUT2D eigenvalue weighted by atomic mass is 32.2. The number of benzene rings is 2. The Hall–Kier alpha value is -3.59. The van der Waals surface area contributed by atoms with E-state index in [1.54, 1.807) is 0 Å². The van der Waals surface area contributed by atoms with Crippen LogP contribution in [0, 0.1) is 27.7 Å². The molecular weight excluding hydrogens is 438 g/mol. The maximum Gasteiger partial charge on any atom is 0.277 e. The zero-order valence-electron chi connectivity index (χ0n) is 19.0. The van der Waals surface area contributed by atoms with Crippen LogP contribution in [0.2, 0.25) is 0 Å². The number of hydrogen-bond acceptors (Lipinski definition) is 7. The normalized spacial score (nSPS) is 10.9. The fourth-order valence-corrected chi connectivity index (χ4v) is 3.85. The van der Waals surface area contributed by atoms with Crippen molar-refractivity contribution in [1.82, 2.24) is 20.0 Å². The van der Waals surface area contributed by atoms with Gasteiger partial charge in [0.15, 0.2) is 6.61 Å². The molecule has 33 heavy (non-hydrogen) atoms. The zero-order chi connectivity index (χ0) is 23.4. The van der Waals surface area contributed by atoms with Crippen molar-refractivity contribution in [3.05, 3.63) is 76.9 Å². The van der Waals surface area contributed by atoms with Crippen LogP contribution in [-0.2, 0) is 11.4 Å². The molecule has 1 amide bonds. The van der Waals surface area contributed by atoms with Crippen molar-refractivity contribution in [3.8, 4) is 11.4 Å². The van der Waals surface area contributed by atoms with Crippen LogP contribution < -0.4 is 10.1 Å². The van der Waals surface area contributed by atoms with Crippen LogP contribution in [0.3, 0.4) is 0 Å². The van der Waals surface area contributed by atoms with E-state index in [4.69, 9.17) is 9.15 Å². The predicted octanol–water partition coefficient (Wildman–Crippen LogP) is 4.80. The highest BCUT2D eigenvalue weighted by Crippen LogP contribution is 2.24. The average molecular weight is 464 g/mol. The molecule has 0 aliphatic heterocycles. The molecule has 9 heteroatoms. The van der Waals surface area contributed by atoms with Crippen LogP contribution in [-0.4, -0.2) is 31.6 Å². The largest absolute Gasteiger partial charge is 0.484 e. The van der Waals surface area contributed by atoms with E-state index >= 15 is 0 Å². The third kappa shape index (κ3) is 5.61. The van der Waals surface area contributed by atoms with E-state index in [2.05, 4.69) is 20.6 Å². The molecule has 0 aliphatic rings. The molecule has 4 aromatic rings. The van der Waals surface area contributed by atoms with E-state index in [0.29, 0.717) is 16.8 Å². The van der Waals surface area contributed by atoms with Gasteiger partial charge in [0.2, 0.25) is 5.91 Å². The first kappa shape index (κ1) is 22.6. The summed E-state index contributed by atoms with van der Waals surface area (Å²) in [6.45, 7) is 8.01. The second kappa shape index (κ2) is 9.91. The Morgan fingerprint density at radius 2 is 1.85 bits per heavy atom. The molecule has 0 spiro atoms. The minimum Gasteiger partial charge on any atom is -0.484 e. The van der Waals surface area contributed by atoms with Gasteiger partial charge in [-0.05, 0) is 57.5 Å². The summed E-state index contributed by atoms with van der Waals surface area (Å²) >= 11 is 1.17. The summed E-state index contributed by atoms with van der Waals surface area (Å²) in [4.78, 5) is 12.5. The Labute approximate surface area is 196 Å². The van der Waals surface area contributed by atoms with E-state index in [1.807, 2.05) is 80.9 Å². The van der Waals surface area contributed by atoms with Crippen LogP contribution in [0.5, 0.6) is 5.75 Å². The third-order valence-corrected chi connectivity index (χ3v) is 5.78. The van der Waals surface area contributed by atoms with Gasteiger partial charge in [0.1, 0.15) is 5.75 Å². The van der Waals surface area contributed by atoms with E-state index in [0.717, 1.165) is 28.4 Å². The Balaban J connectivity index is 1.32. The van der Waals surface area contributed by atoms with Crippen LogP contribution in [0.15, 0.2) is 58.2 Å². The van der Waals surface area contributed by atoms with Gasteiger partial charge in [-0.1, -0.05) is 41.6 Å². The SMILES string of the molecule is Cc1ccc(-n2nc(C)c(NC(=O)CSc3nnc(COc4cccc(C)c4)o3)c2C)cc1. The first-order valence-corrected chi connectivity index (χ1v) is 11.5. The maximum atomic E-state index is 12.5. The lowest BCUT2D eigenvalue weighted by molar-refractivity contribution is -0.113. The topological polar surface area (TPSA) is 95.1 Å². The number of aryl methyl sites for hydroxylation is 3. The Morgan fingerprint density at radius 1 is 1.06 bits per heavy atom. The van der Waals surface area contributed by atoms with E-state index in [9.17, 15) is 4.79 Å². The molecule has 2 heterocycles. The van der Waals surface area contributed by atoms with E-state index < -0.39 is 0 Å². The molecule has 0 aliphatic carbocycles. The molecule has 170 valence electrons. The molecule has 0 bridgehead atoms. The number of nitrogens with zero attached hydrogens (tertiary/aromatic N) is 4. The number of carbonyl (C=O) groups is 1. The van der Waals surface area contributed by atoms with Gasteiger partial charge in [-0.25, -0.2) is 4.68 Å². The summed E-state index contributed by atoms with van der Waals surface area (Å²) in [7, 11) is 0.